The molecular formula is C13H16O2. The molecule has 15 heavy (non-hydrogen) atoms. The van der Waals surface area contributed by atoms with Crippen molar-refractivity contribution in [2.45, 2.75) is 32.6 Å². The van der Waals surface area contributed by atoms with E-state index in [1.807, 2.05) is 6.07 Å². The quantitative estimate of drug-likeness (QED) is 0.821. The molecule has 1 aliphatic rings. The predicted molar refractivity (Wildman–Crippen MR) is 59.0 cm³/mol. The van der Waals surface area contributed by atoms with E-state index in [1.54, 1.807) is 0 Å². The Morgan fingerprint density at radius 3 is 2.80 bits per heavy atom. The zero-order valence-corrected chi connectivity index (χ0v) is 8.99. The van der Waals surface area contributed by atoms with E-state index in [4.69, 9.17) is 5.11 Å². The second kappa shape index (κ2) is 4.05. The van der Waals surface area contributed by atoms with Crippen molar-refractivity contribution in [3.8, 4) is 0 Å². The van der Waals surface area contributed by atoms with Crippen molar-refractivity contribution in [3.63, 3.8) is 0 Å². The normalized spacial score (nSPS) is 18.9. The van der Waals surface area contributed by atoms with Gasteiger partial charge in [0.1, 0.15) is 0 Å². The molecular weight excluding hydrogens is 188 g/mol. The van der Waals surface area contributed by atoms with Gasteiger partial charge in [0.2, 0.25) is 0 Å². The highest BCUT2D eigenvalue weighted by Crippen LogP contribution is 2.29. The molecule has 1 atom stereocenters. The van der Waals surface area contributed by atoms with Gasteiger partial charge in [0, 0.05) is 0 Å². The summed E-state index contributed by atoms with van der Waals surface area (Å²) in [7, 11) is 0. The molecule has 80 valence electrons. The molecule has 0 radical (unpaired) electrons. The van der Waals surface area contributed by atoms with Gasteiger partial charge in [-0.15, -0.1) is 0 Å². The van der Waals surface area contributed by atoms with Crippen molar-refractivity contribution < 1.29 is 9.90 Å². The van der Waals surface area contributed by atoms with Gasteiger partial charge in [-0.2, -0.15) is 0 Å². The summed E-state index contributed by atoms with van der Waals surface area (Å²) >= 11 is 0. The molecule has 0 unspecified atom stereocenters. The summed E-state index contributed by atoms with van der Waals surface area (Å²) in [4.78, 5) is 10.6. The van der Waals surface area contributed by atoms with Crippen LogP contribution in [0.3, 0.4) is 0 Å². The van der Waals surface area contributed by atoms with Crippen LogP contribution in [0, 0.1) is 5.92 Å². The molecule has 0 heterocycles. The van der Waals surface area contributed by atoms with Crippen LogP contribution in [-0.4, -0.2) is 11.1 Å². The molecule has 0 bridgehead atoms. The van der Waals surface area contributed by atoms with Crippen LogP contribution in [0.4, 0.5) is 0 Å². The molecule has 1 aromatic carbocycles. The average molecular weight is 204 g/mol. The number of aliphatic carboxylic acids is 1. The minimum absolute atomic E-state index is 0.143. The fourth-order valence-electron chi connectivity index (χ4n) is 2.34. The third-order valence-corrected chi connectivity index (χ3v) is 3.22. The fourth-order valence-corrected chi connectivity index (χ4v) is 2.34. The summed E-state index contributed by atoms with van der Waals surface area (Å²) in [6.07, 6.45) is 3.64. The van der Waals surface area contributed by atoms with Gasteiger partial charge in [-0.1, -0.05) is 31.5 Å². The first-order valence-electron chi connectivity index (χ1n) is 5.51. The molecule has 0 spiro atoms. The zero-order valence-electron chi connectivity index (χ0n) is 8.99. The van der Waals surface area contributed by atoms with Gasteiger partial charge >= 0.3 is 5.97 Å². The Hall–Kier alpha value is -1.31. The third-order valence-electron chi connectivity index (χ3n) is 3.22. The molecule has 1 N–H and O–H groups in total. The van der Waals surface area contributed by atoms with Crippen LogP contribution in [0.15, 0.2) is 18.2 Å². The summed E-state index contributed by atoms with van der Waals surface area (Å²) < 4.78 is 0. The number of fused-ring (bicyclic) bond motifs is 1. The van der Waals surface area contributed by atoms with Crippen LogP contribution in [0.5, 0.6) is 0 Å². The Morgan fingerprint density at radius 1 is 1.40 bits per heavy atom. The Bertz CT molecular complexity index is 382. The minimum Gasteiger partial charge on any atom is -0.481 e. The molecule has 0 amide bonds. The first-order valence-corrected chi connectivity index (χ1v) is 5.51. The number of hydrogen-bond acceptors (Lipinski definition) is 1. The fraction of sp³-hybridized carbons (Fsp3) is 0.462. The summed E-state index contributed by atoms with van der Waals surface area (Å²) in [5, 5.41) is 8.71. The maximum atomic E-state index is 10.6. The van der Waals surface area contributed by atoms with Crippen molar-refractivity contribution in [1.82, 2.24) is 0 Å². The summed E-state index contributed by atoms with van der Waals surface area (Å²) in [5.74, 6) is 0.0140. The van der Waals surface area contributed by atoms with Gasteiger partial charge in [-0.3, -0.25) is 4.79 Å². The van der Waals surface area contributed by atoms with Crippen molar-refractivity contribution >= 4 is 5.97 Å². The number of carboxylic acid groups (broad SMARTS) is 1. The maximum Gasteiger partial charge on any atom is 0.307 e. The predicted octanol–water partition coefficient (Wildman–Crippen LogP) is 2.44. The van der Waals surface area contributed by atoms with Crippen LogP contribution >= 0.6 is 0 Å². The van der Waals surface area contributed by atoms with Gasteiger partial charge in [0.15, 0.2) is 0 Å². The van der Waals surface area contributed by atoms with Crippen molar-refractivity contribution in [3.05, 3.63) is 34.9 Å². The lowest BCUT2D eigenvalue weighted by Crippen LogP contribution is -2.00. The first kappa shape index (κ1) is 10.2. The molecule has 0 saturated heterocycles. The zero-order chi connectivity index (χ0) is 10.8. The molecule has 2 heteroatoms. The topological polar surface area (TPSA) is 37.3 Å². The number of carboxylic acids is 1. The Morgan fingerprint density at radius 2 is 2.13 bits per heavy atom. The second-order valence-electron chi connectivity index (χ2n) is 4.36. The molecule has 2 rings (SSSR count). The molecule has 0 aliphatic heterocycles. The molecule has 2 nitrogen and oxygen atoms in total. The second-order valence-corrected chi connectivity index (χ2v) is 4.36. The van der Waals surface area contributed by atoms with Crippen LogP contribution in [-0.2, 0) is 24.1 Å². The van der Waals surface area contributed by atoms with Crippen LogP contribution in [0.1, 0.15) is 30.0 Å². The average Bonchev–Trinajstić information content (AvgIpc) is 2.58. The highest BCUT2D eigenvalue weighted by molar-refractivity contribution is 5.70. The van der Waals surface area contributed by atoms with Gasteiger partial charge in [-0.25, -0.2) is 0 Å². The number of benzene rings is 1. The van der Waals surface area contributed by atoms with E-state index in [1.165, 1.54) is 24.0 Å². The molecule has 0 aromatic heterocycles. The highest BCUT2D eigenvalue weighted by Gasteiger charge is 2.20. The first-order chi connectivity index (χ1) is 7.19. The lowest BCUT2D eigenvalue weighted by Gasteiger charge is -2.02. The molecule has 0 fully saturated rings. The van der Waals surface area contributed by atoms with E-state index in [0.717, 1.165) is 17.9 Å². The monoisotopic (exact) mass is 204 g/mol. The largest absolute Gasteiger partial charge is 0.481 e. The number of carbonyl (C=O) groups is 1. The lowest BCUT2D eigenvalue weighted by atomic mass is 10.0. The summed E-state index contributed by atoms with van der Waals surface area (Å²) in [6, 6.07) is 6.12. The SMILES string of the molecule is CC[C@@H]1Cc2ccc(CC(=O)O)cc2C1. The summed E-state index contributed by atoms with van der Waals surface area (Å²) in [5.41, 5.74) is 3.70. The number of rotatable bonds is 3. The van der Waals surface area contributed by atoms with Crippen LogP contribution in [0.25, 0.3) is 0 Å². The minimum atomic E-state index is -0.750. The summed E-state index contributed by atoms with van der Waals surface area (Å²) in [6.45, 7) is 2.22. The molecule has 1 aliphatic carbocycles. The maximum absolute atomic E-state index is 10.6. The molecule has 1 aromatic rings. The van der Waals surface area contributed by atoms with E-state index in [-0.39, 0.29) is 6.42 Å². The van der Waals surface area contributed by atoms with E-state index < -0.39 is 5.97 Å². The van der Waals surface area contributed by atoms with Crippen LogP contribution in [0.2, 0.25) is 0 Å². The third kappa shape index (κ3) is 2.20. The Kier molecular flexibility index (Phi) is 2.76. The smallest absolute Gasteiger partial charge is 0.307 e. The lowest BCUT2D eigenvalue weighted by molar-refractivity contribution is -0.136. The Balaban J connectivity index is 2.18. The van der Waals surface area contributed by atoms with E-state index >= 15 is 0 Å². The van der Waals surface area contributed by atoms with Gasteiger partial charge < -0.3 is 5.11 Å². The number of hydrogen-bond donors (Lipinski definition) is 1. The Labute approximate surface area is 89.9 Å². The van der Waals surface area contributed by atoms with Crippen molar-refractivity contribution in [2.75, 3.05) is 0 Å². The van der Waals surface area contributed by atoms with Crippen LogP contribution < -0.4 is 0 Å². The van der Waals surface area contributed by atoms with E-state index in [2.05, 4.69) is 19.1 Å². The van der Waals surface area contributed by atoms with Gasteiger partial charge in [0.25, 0.3) is 0 Å². The van der Waals surface area contributed by atoms with Gasteiger partial charge in [0.05, 0.1) is 6.42 Å². The van der Waals surface area contributed by atoms with E-state index in [9.17, 15) is 4.79 Å². The van der Waals surface area contributed by atoms with Gasteiger partial charge in [-0.05, 0) is 35.4 Å². The highest BCUT2D eigenvalue weighted by atomic mass is 16.4. The molecule has 0 saturated carbocycles. The standard InChI is InChI=1S/C13H16O2/c1-2-9-5-11-4-3-10(8-13(14)15)7-12(11)6-9/h3-4,7,9H,2,5-6,8H2,1H3,(H,14,15)/t9-/m1/s1. The van der Waals surface area contributed by atoms with Crippen molar-refractivity contribution in [2.24, 2.45) is 5.92 Å². The van der Waals surface area contributed by atoms with E-state index in [0.29, 0.717) is 0 Å². The van der Waals surface area contributed by atoms with Crippen molar-refractivity contribution in [1.29, 1.82) is 0 Å².